The zero-order valence-corrected chi connectivity index (χ0v) is 16.8. The molecule has 30 heavy (non-hydrogen) atoms. The van der Waals surface area contributed by atoms with E-state index in [1.165, 1.54) is 12.1 Å². The van der Waals surface area contributed by atoms with E-state index in [9.17, 15) is 13.6 Å². The van der Waals surface area contributed by atoms with Crippen molar-refractivity contribution in [1.29, 1.82) is 0 Å². The molecule has 2 amide bonds. The van der Waals surface area contributed by atoms with Gasteiger partial charge >= 0.3 is 6.03 Å². The predicted octanol–water partition coefficient (Wildman–Crippen LogP) is 3.80. The van der Waals surface area contributed by atoms with Crippen molar-refractivity contribution < 1.29 is 23.0 Å². The molecule has 2 aliphatic rings. The van der Waals surface area contributed by atoms with Crippen LogP contribution in [0.25, 0.3) is 0 Å². The van der Waals surface area contributed by atoms with Gasteiger partial charge in [-0.25, -0.2) is 13.6 Å². The Bertz CT molecular complexity index is 886. The van der Waals surface area contributed by atoms with Crippen molar-refractivity contribution in [2.45, 2.75) is 24.4 Å². The van der Waals surface area contributed by atoms with Crippen LogP contribution in [0.1, 0.15) is 30.1 Å². The van der Waals surface area contributed by atoms with Crippen molar-refractivity contribution in [1.82, 2.24) is 10.2 Å². The molecule has 1 N–H and O–H groups in total. The Morgan fingerprint density at radius 3 is 2.67 bits per heavy atom. The van der Waals surface area contributed by atoms with Gasteiger partial charge in [-0.3, -0.25) is 0 Å². The highest BCUT2D eigenvalue weighted by Crippen LogP contribution is 2.35. The summed E-state index contributed by atoms with van der Waals surface area (Å²) in [5, 5.41) is 3.03. The molecule has 5 nitrogen and oxygen atoms in total. The maximum atomic E-state index is 14.1. The van der Waals surface area contributed by atoms with Crippen molar-refractivity contribution in [2.75, 3.05) is 39.5 Å². The lowest BCUT2D eigenvalue weighted by Crippen LogP contribution is -2.51. The quantitative estimate of drug-likeness (QED) is 0.825. The van der Waals surface area contributed by atoms with E-state index in [1.54, 1.807) is 35.2 Å². The molecular formula is C23H26F2N2O3. The van der Waals surface area contributed by atoms with Crippen LogP contribution in [0.15, 0.2) is 48.5 Å². The van der Waals surface area contributed by atoms with Crippen molar-refractivity contribution >= 4 is 6.03 Å². The minimum absolute atomic E-state index is 0.220. The summed E-state index contributed by atoms with van der Waals surface area (Å²) in [5.41, 5.74) is 0.959. The number of carbonyl (C=O) groups is 1. The first-order chi connectivity index (χ1) is 14.6. The van der Waals surface area contributed by atoms with Gasteiger partial charge in [0, 0.05) is 37.3 Å². The number of urea groups is 1. The average molecular weight is 416 g/mol. The second kappa shape index (κ2) is 9.10. The van der Waals surface area contributed by atoms with Crippen LogP contribution in [0, 0.1) is 11.6 Å². The molecule has 2 saturated heterocycles. The first kappa shape index (κ1) is 20.8. The number of carbonyl (C=O) groups excluding carboxylic acids is 1. The largest absolute Gasteiger partial charge is 0.381 e. The molecule has 2 aromatic rings. The fraction of sp³-hybridized carbons (Fsp3) is 0.435. The van der Waals surface area contributed by atoms with Crippen LogP contribution in [0.5, 0.6) is 0 Å². The summed E-state index contributed by atoms with van der Waals surface area (Å²) in [6, 6.07) is 12.8. The summed E-state index contributed by atoms with van der Waals surface area (Å²) in [5.74, 6) is -0.623. The van der Waals surface area contributed by atoms with Gasteiger partial charge in [-0.05, 0) is 36.6 Å². The lowest BCUT2D eigenvalue weighted by molar-refractivity contribution is -0.0176. The molecule has 0 spiro atoms. The van der Waals surface area contributed by atoms with Crippen LogP contribution in [-0.2, 0) is 14.9 Å². The van der Waals surface area contributed by atoms with Crippen LogP contribution >= 0.6 is 0 Å². The van der Waals surface area contributed by atoms with Crippen molar-refractivity contribution in [2.24, 2.45) is 0 Å². The van der Waals surface area contributed by atoms with Crippen LogP contribution in [0.3, 0.4) is 0 Å². The maximum absolute atomic E-state index is 14.1. The number of nitrogens with one attached hydrogen (secondary N) is 1. The zero-order chi connectivity index (χ0) is 21.0. The average Bonchev–Trinajstić information content (AvgIpc) is 2.78. The molecule has 0 bridgehead atoms. The number of hydrogen-bond acceptors (Lipinski definition) is 3. The van der Waals surface area contributed by atoms with Gasteiger partial charge in [-0.2, -0.15) is 0 Å². The Morgan fingerprint density at radius 2 is 1.90 bits per heavy atom. The number of halogens is 2. The summed E-state index contributed by atoms with van der Waals surface area (Å²) in [4.78, 5) is 14.6. The van der Waals surface area contributed by atoms with Crippen LogP contribution in [0.2, 0.25) is 0 Å². The van der Waals surface area contributed by atoms with E-state index in [0.717, 1.165) is 5.56 Å². The highest BCUT2D eigenvalue weighted by molar-refractivity contribution is 5.74. The van der Waals surface area contributed by atoms with E-state index in [4.69, 9.17) is 9.47 Å². The molecule has 2 aliphatic heterocycles. The van der Waals surface area contributed by atoms with Gasteiger partial charge in [0.25, 0.3) is 0 Å². The molecule has 0 radical (unpaired) electrons. The molecule has 0 saturated carbocycles. The molecule has 7 heteroatoms. The normalized spacial score (nSPS) is 21.3. The maximum Gasteiger partial charge on any atom is 0.317 e. The molecule has 2 aromatic carbocycles. The summed E-state index contributed by atoms with van der Waals surface area (Å²) in [7, 11) is 0. The highest BCUT2D eigenvalue weighted by Gasteiger charge is 2.36. The third-order valence-electron chi connectivity index (χ3n) is 6.07. The Kier molecular flexibility index (Phi) is 6.29. The minimum atomic E-state index is -0.494. The van der Waals surface area contributed by atoms with E-state index >= 15 is 0 Å². The smallest absolute Gasteiger partial charge is 0.317 e. The van der Waals surface area contributed by atoms with E-state index in [-0.39, 0.29) is 29.6 Å². The topological polar surface area (TPSA) is 50.8 Å². The van der Waals surface area contributed by atoms with E-state index in [2.05, 4.69) is 5.32 Å². The Labute approximate surface area is 175 Å². The van der Waals surface area contributed by atoms with Gasteiger partial charge < -0.3 is 19.7 Å². The summed E-state index contributed by atoms with van der Waals surface area (Å²) in [6.07, 6.45) is 0.918. The first-order valence-electron chi connectivity index (χ1n) is 10.3. The molecule has 1 atom stereocenters. The number of rotatable bonds is 4. The number of ether oxygens (including phenoxy) is 2. The molecule has 2 heterocycles. The molecule has 0 aromatic heterocycles. The van der Waals surface area contributed by atoms with Gasteiger partial charge in [-0.1, -0.05) is 30.3 Å². The molecule has 160 valence electrons. The second-order valence-electron chi connectivity index (χ2n) is 7.89. The van der Waals surface area contributed by atoms with E-state index in [1.807, 2.05) is 6.07 Å². The lowest BCUT2D eigenvalue weighted by atomic mass is 9.74. The Morgan fingerprint density at radius 1 is 1.10 bits per heavy atom. The molecule has 2 fully saturated rings. The van der Waals surface area contributed by atoms with Crippen molar-refractivity contribution in [3.05, 3.63) is 71.3 Å². The predicted molar refractivity (Wildman–Crippen MR) is 108 cm³/mol. The number of nitrogens with zero attached hydrogens (tertiary/aromatic N) is 1. The summed E-state index contributed by atoms with van der Waals surface area (Å²) >= 11 is 0. The fourth-order valence-corrected chi connectivity index (χ4v) is 4.26. The van der Waals surface area contributed by atoms with Crippen LogP contribution in [-0.4, -0.2) is 50.4 Å². The van der Waals surface area contributed by atoms with Gasteiger partial charge in [0.05, 0.1) is 13.2 Å². The Balaban J connectivity index is 1.44. The zero-order valence-electron chi connectivity index (χ0n) is 16.8. The second-order valence-corrected chi connectivity index (χ2v) is 7.89. The van der Waals surface area contributed by atoms with Crippen LogP contribution < -0.4 is 5.32 Å². The number of amides is 2. The molecule has 0 aliphatic carbocycles. The Hall–Kier alpha value is -2.51. The van der Waals surface area contributed by atoms with Gasteiger partial charge in [0.15, 0.2) is 0 Å². The first-order valence-corrected chi connectivity index (χ1v) is 10.3. The molecule has 4 rings (SSSR count). The number of hydrogen-bond donors (Lipinski definition) is 1. The highest BCUT2D eigenvalue weighted by atomic mass is 19.1. The van der Waals surface area contributed by atoms with Gasteiger partial charge in [-0.15, -0.1) is 0 Å². The van der Waals surface area contributed by atoms with Crippen LogP contribution in [0.4, 0.5) is 13.6 Å². The molecular weight excluding hydrogens is 390 g/mol. The molecule has 1 unspecified atom stereocenters. The van der Waals surface area contributed by atoms with Gasteiger partial charge in [0.2, 0.25) is 0 Å². The standard InChI is InChI=1S/C23H26F2N2O3/c24-18-5-3-4-17(14-18)23(8-11-29-12-9-23)16-26-22(28)27-10-13-30-21(15-27)19-6-1-2-7-20(19)25/h1-7,14,21H,8-13,15-16H2,(H,26,28). The summed E-state index contributed by atoms with van der Waals surface area (Å²) < 4.78 is 39.2. The number of benzene rings is 2. The lowest BCUT2D eigenvalue weighted by Gasteiger charge is -2.39. The van der Waals surface area contributed by atoms with Crippen molar-refractivity contribution in [3.63, 3.8) is 0 Å². The van der Waals surface area contributed by atoms with Crippen molar-refractivity contribution in [3.8, 4) is 0 Å². The fourth-order valence-electron chi connectivity index (χ4n) is 4.26. The van der Waals surface area contributed by atoms with E-state index in [0.29, 0.717) is 51.3 Å². The SMILES string of the molecule is O=C(NCC1(c2cccc(F)c2)CCOCC1)N1CCOC(c2ccccc2F)C1. The third kappa shape index (κ3) is 4.47. The minimum Gasteiger partial charge on any atom is -0.381 e. The van der Waals surface area contributed by atoms with Gasteiger partial charge in [0.1, 0.15) is 17.7 Å². The van der Waals surface area contributed by atoms with E-state index < -0.39 is 6.10 Å². The third-order valence-corrected chi connectivity index (χ3v) is 6.07. The summed E-state index contributed by atoms with van der Waals surface area (Å²) in [6.45, 7) is 2.59. The monoisotopic (exact) mass is 416 g/mol. The number of morpholine rings is 1.